The Labute approximate surface area is 205 Å². The van der Waals surface area contributed by atoms with Gasteiger partial charge in [-0.15, -0.1) is 0 Å². The van der Waals surface area contributed by atoms with Crippen LogP contribution in [0.25, 0.3) is 0 Å². The van der Waals surface area contributed by atoms with Crippen LogP contribution in [-0.2, 0) is 14.8 Å². The number of primary sulfonamides is 1. The summed E-state index contributed by atoms with van der Waals surface area (Å²) in [4.78, 5) is 18.6. The van der Waals surface area contributed by atoms with Gasteiger partial charge in [0, 0.05) is 29.7 Å². The van der Waals surface area contributed by atoms with Gasteiger partial charge >= 0.3 is 0 Å². The number of hydrogen-bond donors (Lipinski definition) is 4. The first-order valence-corrected chi connectivity index (χ1v) is 12.2. The average molecular weight is 499 g/mol. The van der Waals surface area contributed by atoms with Crippen LogP contribution in [0.2, 0.25) is 0 Å². The van der Waals surface area contributed by atoms with Crippen molar-refractivity contribution in [2.24, 2.45) is 15.9 Å². The summed E-state index contributed by atoms with van der Waals surface area (Å²) in [5, 5.41) is 11.4. The molecule has 1 heterocycles. The molecule has 10 nitrogen and oxygen atoms in total. The Morgan fingerprint density at radius 1 is 1.11 bits per heavy atom. The zero-order valence-corrected chi connectivity index (χ0v) is 21.2. The maximum Gasteiger partial charge on any atom is 0.270 e. The van der Waals surface area contributed by atoms with Gasteiger partial charge in [-0.05, 0) is 64.1 Å². The topological polar surface area (TPSA) is 152 Å². The largest absolute Gasteiger partial charge is 0.476 e. The lowest BCUT2D eigenvalue weighted by Crippen LogP contribution is -2.50. The molecule has 0 unspecified atom stereocenters. The number of rotatable bonds is 6. The number of amidine groups is 1. The number of nitrogens with two attached hydrogens (primary N) is 2. The van der Waals surface area contributed by atoms with Gasteiger partial charge in [-0.25, -0.2) is 18.5 Å². The van der Waals surface area contributed by atoms with Gasteiger partial charge in [-0.1, -0.05) is 12.6 Å². The van der Waals surface area contributed by atoms with Crippen molar-refractivity contribution >= 4 is 38.8 Å². The molecule has 3 rings (SSSR count). The number of aliphatic imine (C=N–C) groups is 1. The Kier molecular flexibility index (Phi) is 6.95. The van der Waals surface area contributed by atoms with Gasteiger partial charge in [0.2, 0.25) is 10.0 Å². The highest BCUT2D eigenvalue weighted by atomic mass is 32.2. The second-order valence-corrected chi connectivity index (χ2v) is 10.3. The van der Waals surface area contributed by atoms with Crippen LogP contribution >= 0.6 is 0 Å². The molecule has 6 N–H and O–H groups in total. The van der Waals surface area contributed by atoms with E-state index in [1.54, 1.807) is 70.0 Å². The third-order valence-corrected chi connectivity index (χ3v) is 6.32. The van der Waals surface area contributed by atoms with E-state index in [2.05, 4.69) is 22.2 Å². The van der Waals surface area contributed by atoms with E-state index in [9.17, 15) is 13.2 Å². The Balaban J connectivity index is 1.91. The second kappa shape index (κ2) is 9.43. The van der Waals surface area contributed by atoms with E-state index in [0.29, 0.717) is 39.9 Å². The maximum absolute atomic E-state index is 12.6. The third-order valence-electron chi connectivity index (χ3n) is 5.41. The number of fused-ring (bicyclic) bond motifs is 1. The van der Waals surface area contributed by atoms with Crippen LogP contribution in [0.3, 0.4) is 0 Å². The van der Waals surface area contributed by atoms with E-state index in [0.717, 1.165) is 0 Å². The number of carbonyl (C=O) groups is 1. The van der Waals surface area contributed by atoms with Crippen LogP contribution in [0.5, 0.6) is 5.75 Å². The zero-order chi connectivity index (χ0) is 26.1. The highest BCUT2D eigenvalue weighted by Gasteiger charge is 2.39. The lowest BCUT2D eigenvalue weighted by Gasteiger charge is -2.37. The number of anilines is 3. The van der Waals surface area contributed by atoms with Crippen LogP contribution in [0, 0.1) is 0 Å². The van der Waals surface area contributed by atoms with Crippen LogP contribution in [0.4, 0.5) is 17.1 Å². The molecule has 1 aliphatic rings. The Bertz CT molecular complexity index is 1360. The summed E-state index contributed by atoms with van der Waals surface area (Å²) in [6.45, 7) is 10.9. The quantitative estimate of drug-likeness (QED) is 0.353. The normalized spacial score (nSPS) is 16.1. The molecule has 0 fully saturated rings. The molecular formula is C24H30N6O4S. The average Bonchev–Trinajstić information content (AvgIpc) is 2.76. The van der Waals surface area contributed by atoms with Crippen molar-refractivity contribution in [2.45, 2.75) is 38.2 Å². The van der Waals surface area contributed by atoms with Crippen LogP contribution < -0.4 is 31.1 Å². The smallest absolute Gasteiger partial charge is 0.270 e. The number of hydrogen-bond acceptors (Lipinski definition) is 7. The number of ether oxygens (including phenoxy) is 1. The van der Waals surface area contributed by atoms with Crippen molar-refractivity contribution in [1.29, 1.82) is 0 Å². The highest BCUT2D eigenvalue weighted by molar-refractivity contribution is 7.89. The van der Waals surface area contributed by atoms with Gasteiger partial charge < -0.3 is 26.0 Å². The zero-order valence-electron chi connectivity index (χ0n) is 20.3. The van der Waals surface area contributed by atoms with E-state index in [-0.39, 0.29) is 16.6 Å². The number of benzene rings is 2. The first kappa shape index (κ1) is 25.8. The fourth-order valence-corrected chi connectivity index (χ4v) is 3.94. The molecule has 0 atom stereocenters. The van der Waals surface area contributed by atoms with Crippen molar-refractivity contribution in [1.82, 2.24) is 0 Å². The summed E-state index contributed by atoms with van der Waals surface area (Å²) in [6, 6.07) is 11.4. The Morgan fingerprint density at radius 2 is 1.77 bits per heavy atom. The van der Waals surface area contributed by atoms with Crippen LogP contribution in [-0.4, -0.2) is 32.8 Å². The first-order valence-electron chi connectivity index (χ1n) is 10.7. The first-order chi connectivity index (χ1) is 16.2. The van der Waals surface area contributed by atoms with E-state index in [1.165, 1.54) is 12.1 Å². The summed E-state index contributed by atoms with van der Waals surface area (Å²) >= 11 is 0. The number of nitrogens with one attached hydrogen (secondary N) is 2. The predicted octanol–water partition coefficient (Wildman–Crippen LogP) is 3.11. The minimum atomic E-state index is -3.85. The van der Waals surface area contributed by atoms with Crippen molar-refractivity contribution in [2.75, 3.05) is 22.6 Å². The molecular weight excluding hydrogens is 468 g/mol. The molecule has 1 aliphatic heterocycles. The molecule has 0 bridgehead atoms. The van der Waals surface area contributed by atoms with Gasteiger partial charge in [0.05, 0.1) is 10.6 Å². The summed E-state index contributed by atoms with van der Waals surface area (Å²) in [6.07, 6.45) is 0. The molecule has 0 aromatic heterocycles. The summed E-state index contributed by atoms with van der Waals surface area (Å²) in [7, 11) is -2.16. The molecule has 11 heteroatoms. The number of sulfonamides is 1. The van der Waals surface area contributed by atoms with Crippen LogP contribution in [0.15, 0.2) is 76.0 Å². The lowest BCUT2D eigenvalue weighted by atomic mass is 10.0. The molecule has 1 amide bonds. The highest BCUT2D eigenvalue weighted by Crippen LogP contribution is 2.38. The maximum atomic E-state index is 12.6. The van der Waals surface area contributed by atoms with E-state index < -0.39 is 15.6 Å². The molecule has 2 aromatic rings. The van der Waals surface area contributed by atoms with Gasteiger partial charge in [0.1, 0.15) is 17.4 Å². The second-order valence-electron chi connectivity index (χ2n) is 8.70. The molecule has 0 saturated carbocycles. The molecule has 0 aliphatic carbocycles. The lowest BCUT2D eigenvalue weighted by molar-refractivity contribution is -0.132. The fraction of sp³-hybridized carbons (Fsp3) is 0.250. The van der Waals surface area contributed by atoms with E-state index in [4.69, 9.17) is 15.6 Å². The number of nitrogens with zero attached hydrogens (tertiary/aromatic N) is 2. The Hall–Kier alpha value is -3.83. The molecule has 35 heavy (non-hydrogen) atoms. The molecule has 0 saturated heterocycles. The fourth-order valence-electron chi connectivity index (χ4n) is 3.38. The monoisotopic (exact) mass is 498 g/mol. The van der Waals surface area contributed by atoms with Crippen molar-refractivity contribution in [3.05, 3.63) is 66.1 Å². The number of amides is 1. The molecule has 0 spiro atoms. The summed E-state index contributed by atoms with van der Waals surface area (Å²) < 4.78 is 29.1. The predicted molar refractivity (Wildman–Crippen MR) is 139 cm³/mol. The van der Waals surface area contributed by atoms with E-state index >= 15 is 0 Å². The van der Waals surface area contributed by atoms with Gasteiger partial charge in [0.15, 0.2) is 5.60 Å². The van der Waals surface area contributed by atoms with Gasteiger partial charge in [0.25, 0.3) is 5.91 Å². The minimum absolute atomic E-state index is 0.0374. The third kappa shape index (κ3) is 5.81. The SMILES string of the molecule is C=C(N=C(Nc1ccc2c(c1)N(C)C(=O)C(C)(C)O2)/C(C)=C(/C)N)Nc1cccc(S(N)(=O)=O)c1. The minimum Gasteiger partial charge on any atom is -0.476 e. The summed E-state index contributed by atoms with van der Waals surface area (Å²) in [5.74, 6) is 1.07. The van der Waals surface area contributed by atoms with Gasteiger partial charge in [-0.3, -0.25) is 4.79 Å². The van der Waals surface area contributed by atoms with E-state index in [1.807, 2.05) is 0 Å². The molecule has 0 radical (unpaired) electrons. The number of carbonyl (C=O) groups excluding carboxylic acids is 1. The summed E-state index contributed by atoms with van der Waals surface area (Å²) in [5.41, 5.74) is 7.99. The van der Waals surface area contributed by atoms with Gasteiger partial charge in [-0.2, -0.15) is 0 Å². The molecule has 186 valence electrons. The van der Waals surface area contributed by atoms with Crippen LogP contribution in [0.1, 0.15) is 27.7 Å². The van der Waals surface area contributed by atoms with Crippen molar-refractivity contribution < 1.29 is 17.9 Å². The van der Waals surface area contributed by atoms with Crippen molar-refractivity contribution in [3.63, 3.8) is 0 Å². The number of allylic oxidation sites excluding steroid dienone is 1. The van der Waals surface area contributed by atoms with Crippen molar-refractivity contribution in [3.8, 4) is 5.75 Å². The standard InChI is InChI=1S/C24H30N6O4S/c1-14(15(2)25)22(28-16(3)27-17-8-7-9-19(12-17)35(26,32)33)29-18-10-11-21-20(13-18)30(6)23(31)24(4,5)34-21/h7-13,27H,3,25H2,1-2,4-6H3,(H,28,29)(H2,26,32,33)/b15-14-. The number of likely N-dealkylation sites (N-methyl/N-ethyl adjacent to an activating group) is 1. The molecule has 2 aromatic carbocycles. The Morgan fingerprint density at radius 3 is 2.40 bits per heavy atom.